The molecule has 0 N–H and O–H groups in total. The maximum absolute atomic E-state index is 12.2. The Hall–Kier alpha value is -0.490. The van der Waals surface area contributed by atoms with Gasteiger partial charge in [-0.2, -0.15) is 0 Å². The van der Waals surface area contributed by atoms with Crippen molar-refractivity contribution in [1.82, 2.24) is 0 Å². The molecule has 0 saturated heterocycles. The minimum Gasteiger partial charge on any atom is -0.436 e. The molecular formula is C14H6Cl4O2S2. The standard InChI is InChI=1S/C14H6Cl4O2S2/c15-9-5-11(17)12(6-10(9)16)22-13(19)7-1-3-8(4-2-7)20-14(18)21/h1-6H. The molecule has 0 aromatic heterocycles. The highest BCUT2D eigenvalue weighted by Crippen LogP contribution is 2.36. The third kappa shape index (κ3) is 4.75. The van der Waals surface area contributed by atoms with E-state index in [2.05, 4.69) is 12.2 Å². The van der Waals surface area contributed by atoms with Gasteiger partial charge in [-0.15, -0.1) is 0 Å². The van der Waals surface area contributed by atoms with Crippen LogP contribution in [0.2, 0.25) is 15.1 Å². The molecule has 0 radical (unpaired) electrons. The lowest BCUT2D eigenvalue weighted by molar-refractivity contribution is 0.108. The molecule has 0 unspecified atom stereocenters. The highest BCUT2D eigenvalue weighted by atomic mass is 35.5. The topological polar surface area (TPSA) is 26.3 Å². The molecule has 0 amide bonds. The fraction of sp³-hybridized carbons (Fsp3) is 0. The molecule has 0 fully saturated rings. The average Bonchev–Trinajstić information content (AvgIpc) is 2.44. The maximum Gasteiger partial charge on any atom is 0.260 e. The summed E-state index contributed by atoms with van der Waals surface area (Å²) in [4.78, 5) is 12.8. The maximum atomic E-state index is 12.2. The lowest BCUT2D eigenvalue weighted by Gasteiger charge is -2.06. The van der Waals surface area contributed by atoms with Gasteiger partial charge in [-0.05, 0) is 72.0 Å². The predicted molar refractivity (Wildman–Crippen MR) is 97.2 cm³/mol. The summed E-state index contributed by atoms with van der Waals surface area (Å²) in [5, 5.41) is 0.836. The number of thiocarbonyl (C=S) groups is 1. The minimum absolute atomic E-state index is 0.115. The van der Waals surface area contributed by atoms with Crippen LogP contribution >= 0.6 is 70.4 Å². The molecule has 2 rings (SSSR count). The number of hydrogen-bond acceptors (Lipinski definition) is 4. The van der Waals surface area contributed by atoms with Crippen LogP contribution in [0.5, 0.6) is 5.75 Å². The summed E-state index contributed by atoms with van der Waals surface area (Å²) in [6, 6.07) is 9.45. The van der Waals surface area contributed by atoms with Crippen LogP contribution in [0.3, 0.4) is 0 Å². The number of rotatable bonds is 3. The number of benzene rings is 2. The van der Waals surface area contributed by atoms with Gasteiger partial charge in [0.05, 0.1) is 15.1 Å². The molecule has 2 aromatic carbocycles. The first-order chi connectivity index (χ1) is 10.4. The molecule has 0 atom stereocenters. The van der Waals surface area contributed by atoms with Crippen molar-refractivity contribution in [1.29, 1.82) is 0 Å². The van der Waals surface area contributed by atoms with Crippen LogP contribution in [-0.4, -0.2) is 9.63 Å². The van der Waals surface area contributed by atoms with Gasteiger partial charge in [0.1, 0.15) is 5.75 Å². The lowest BCUT2D eigenvalue weighted by atomic mass is 10.2. The van der Waals surface area contributed by atoms with E-state index in [0.29, 0.717) is 31.3 Å². The quantitative estimate of drug-likeness (QED) is 0.250. The first-order valence-electron chi connectivity index (χ1n) is 5.71. The van der Waals surface area contributed by atoms with Gasteiger partial charge in [0.2, 0.25) is 5.12 Å². The summed E-state index contributed by atoms with van der Waals surface area (Å²) in [6.07, 6.45) is 0. The molecule has 22 heavy (non-hydrogen) atoms. The van der Waals surface area contributed by atoms with Crippen LogP contribution in [0.25, 0.3) is 0 Å². The summed E-state index contributed by atoms with van der Waals surface area (Å²) >= 11 is 28.9. The van der Waals surface area contributed by atoms with E-state index in [1.54, 1.807) is 30.3 Å². The van der Waals surface area contributed by atoms with Gasteiger partial charge in [-0.3, -0.25) is 4.79 Å². The predicted octanol–water partition coefficient (Wildman–Crippen LogP) is 6.48. The van der Waals surface area contributed by atoms with Crippen LogP contribution in [0, 0.1) is 0 Å². The molecule has 0 bridgehead atoms. The fourth-order valence-electron chi connectivity index (χ4n) is 1.49. The number of thioether (sulfide) groups is 1. The molecule has 8 heteroatoms. The van der Waals surface area contributed by atoms with Crippen LogP contribution in [0.15, 0.2) is 41.3 Å². The van der Waals surface area contributed by atoms with E-state index >= 15 is 0 Å². The van der Waals surface area contributed by atoms with E-state index in [4.69, 9.17) is 51.1 Å². The summed E-state index contributed by atoms with van der Waals surface area (Å²) in [7, 11) is 0. The van der Waals surface area contributed by atoms with Crippen LogP contribution in [-0.2, 0) is 0 Å². The third-order valence-electron chi connectivity index (χ3n) is 2.47. The first-order valence-corrected chi connectivity index (χ1v) is 8.44. The Morgan fingerprint density at radius 3 is 2.18 bits per heavy atom. The summed E-state index contributed by atoms with van der Waals surface area (Å²) in [5.41, 5.74) is 0.472. The largest absolute Gasteiger partial charge is 0.436 e. The molecule has 0 aliphatic rings. The molecular weight excluding hydrogens is 406 g/mol. The number of ether oxygens (including phenoxy) is 1. The SMILES string of the molecule is O=C(Sc1cc(Cl)c(Cl)cc1Cl)c1ccc(OC(=S)Cl)cc1. The Bertz CT molecular complexity index is 732. The van der Waals surface area contributed by atoms with Crippen molar-refractivity contribution < 1.29 is 9.53 Å². The molecule has 0 saturated carbocycles. The number of carbonyl (C=O) groups is 1. The molecule has 2 aromatic rings. The highest BCUT2D eigenvalue weighted by Gasteiger charge is 2.13. The average molecular weight is 412 g/mol. The Morgan fingerprint density at radius 2 is 1.59 bits per heavy atom. The smallest absolute Gasteiger partial charge is 0.260 e. The second-order valence-electron chi connectivity index (χ2n) is 3.95. The monoisotopic (exact) mass is 410 g/mol. The van der Waals surface area contributed by atoms with Crippen molar-refractivity contribution in [3.05, 3.63) is 57.0 Å². The Labute approximate surface area is 156 Å². The zero-order valence-corrected chi connectivity index (χ0v) is 15.3. The normalized spacial score (nSPS) is 10.4. The van der Waals surface area contributed by atoms with Crippen LogP contribution < -0.4 is 4.74 Å². The van der Waals surface area contributed by atoms with E-state index < -0.39 is 0 Å². The second-order valence-corrected chi connectivity index (χ2v) is 7.12. The second kappa shape index (κ2) is 7.86. The van der Waals surface area contributed by atoms with Gasteiger partial charge in [0.25, 0.3) is 4.51 Å². The van der Waals surface area contributed by atoms with Crippen molar-refractivity contribution in [2.24, 2.45) is 0 Å². The van der Waals surface area contributed by atoms with Gasteiger partial charge in [-0.1, -0.05) is 34.8 Å². The molecule has 0 aliphatic heterocycles. The number of carbonyl (C=O) groups excluding carboxylic acids is 1. The van der Waals surface area contributed by atoms with Crippen molar-refractivity contribution in [2.75, 3.05) is 0 Å². The summed E-state index contributed by atoms with van der Waals surface area (Å²) < 4.78 is 4.93. The Kier molecular flexibility index (Phi) is 6.38. The van der Waals surface area contributed by atoms with Crippen molar-refractivity contribution in [3.8, 4) is 5.75 Å². The molecule has 2 nitrogen and oxygen atoms in total. The van der Waals surface area contributed by atoms with Gasteiger partial charge in [0, 0.05) is 10.5 Å². The Balaban J connectivity index is 2.15. The highest BCUT2D eigenvalue weighted by molar-refractivity contribution is 8.14. The van der Waals surface area contributed by atoms with Crippen molar-refractivity contribution in [2.45, 2.75) is 4.90 Å². The minimum atomic E-state index is -0.194. The van der Waals surface area contributed by atoms with E-state index in [0.717, 1.165) is 11.8 Å². The van der Waals surface area contributed by atoms with Gasteiger partial charge in [-0.25, -0.2) is 0 Å². The molecule has 0 heterocycles. The van der Waals surface area contributed by atoms with E-state index in [-0.39, 0.29) is 9.63 Å². The van der Waals surface area contributed by atoms with E-state index in [9.17, 15) is 4.79 Å². The van der Waals surface area contributed by atoms with Gasteiger partial charge in [0.15, 0.2) is 0 Å². The van der Waals surface area contributed by atoms with Gasteiger partial charge >= 0.3 is 0 Å². The van der Waals surface area contributed by atoms with Crippen LogP contribution in [0.1, 0.15) is 10.4 Å². The van der Waals surface area contributed by atoms with Crippen LogP contribution in [0.4, 0.5) is 0 Å². The zero-order valence-electron chi connectivity index (χ0n) is 10.6. The van der Waals surface area contributed by atoms with Crippen molar-refractivity contribution in [3.63, 3.8) is 0 Å². The number of halogens is 4. The molecule has 0 aliphatic carbocycles. The summed E-state index contributed by atoms with van der Waals surface area (Å²) in [6.45, 7) is 0. The molecule has 114 valence electrons. The summed E-state index contributed by atoms with van der Waals surface area (Å²) in [5.74, 6) is 0.453. The molecule has 0 spiro atoms. The third-order valence-corrected chi connectivity index (χ3v) is 4.75. The fourth-order valence-corrected chi connectivity index (χ4v) is 3.19. The van der Waals surface area contributed by atoms with Gasteiger partial charge < -0.3 is 4.74 Å². The van der Waals surface area contributed by atoms with Crippen molar-refractivity contribution >= 4 is 80.0 Å². The van der Waals surface area contributed by atoms with E-state index in [1.165, 1.54) is 6.07 Å². The van der Waals surface area contributed by atoms with E-state index in [1.807, 2.05) is 0 Å². The zero-order chi connectivity index (χ0) is 16.3. The number of hydrogen-bond donors (Lipinski definition) is 0. The Morgan fingerprint density at radius 1 is 1.00 bits per heavy atom. The first kappa shape index (κ1) is 17.9. The lowest BCUT2D eigenvalue weighted by Crippen LogP contribution is -1.97.